The lowest BCUT2D eigenvalue weighted by atomic mass is 9.73. The molecule has 2 aromatic carbocycles. The van der Waals surface area contributed by atoms with E-state index >= 15 is 0 Å². The summed E-state index contributed by atoms with van der Waals surface area (Å²) in [6.07, 6.45) is 3.17. The van der Waals surface area contributed by atoms with Crippen LogP contribution in [0.2, 0.25) is 5.02 Å². The number of halogens is 1. The van der Waals surface area contributed by atoms with E-state index in [0.29, 0.717) is 12.1 Å². The number of carbonyl (C=O) groups excluding carboxylic acids is 3. The van der Waals surface area contributed by atoms with Gasteiger partial charge >= 0.3 is 6.03 Å². The van der Waals surface area contributed by atoms with Crippen LogP contribution in [0.1, 0.15) is 39.5 Å². The largest absolute Gasteiger partial charge is 0.325 e. The summed E-state index contributed by atoms with van der Waals surface area (Å²) in [6.45, 7) is 3.35. The van der Waals surface area contributed by atoms with Crippen LogP contribution in [-0.4, -0.2) is 49.8 Å². The first-order valence-corrected chi connectivity index (χ1v) is 13.7. The lowest BCUT2D eigenvalue weighted by molar-refractivity contribution is -0.136. The summed E-state index contributed by atoms with van der Waals surface area (Å²) in [7, 11) is -3.95. The highest BCUT2D eigenvalue weighted by molar-refractivity contribution is 7.92. The minimum Gasteiger partial charge on any atom is -0.323 e. The number of benzene rings is 2. The van der Waals surface area contributed by atoms with Crippen molar-refractivity contribution in [3.8, 4) is 0 Å². The fraction of sp³-hybridized carbons (Fsp3) is 0.400. The molecule has 2 aliphatic rings. The molecule has 4 amide bonds. The Kier molecular flexibility index (Phi) is 7.28. The standard InChI is InChI=1S/C25H29ClN4O5S/c1-3-30(18-10-5-4-6-11-18)36(34,35)19-12-13-20(26)21(15-19)27-22(31)16-29-23(32)25(28-24(29)33)14-8-7-9-17(25)2/h4-6,10-13,15,17H,3,7-9,14,16H2,1-2H3,(H,27,31)(H,28,33)/t17-,25+/m0/s1. The zero-order chi connectivity index (χ0) is 26.1. The van der Waals surface area contributed by atoms with Crippen molar-refractivity contribution >= 4 is 50.8 Å². The molecule has 1 aliphatic heterocycles. The molecule has 2 atom stereocenters. The molecule has 0 radical (unpaired) electrons. The highest BCUT2D eigenvalue weighted by atomic mass is 35.5. The Morgan fingerprint density at radius 1 is 1.19 bits per heavy atom. The molecule has 2 fully saturated rings. The van der Waals surface area contributed by atoms with Crippen LogP contribution in [0.15, 0.2) is 53.4 Å². The Labute approximate surface area is 215 Å². The normalized spacial score (nSPS) is 22.0. The Morgan fingerprint density at radius 2 is 1.92 bits per heavy atom. The van der Waals surface area contributed by atoms with Gasteiger partial charge in [-0.15, -0.1) is 0 Å². The van der Waals surface area contributed by atoms with Crippen LogP contribution in [0.5, 0.6) is 0 Å². The van der Waals surface area contributed by atoms with Gasteiger partial charge in [-0.3, -0.25) is 18.8 Å². The van der Waals surface area contributed by atoms with Crippen LogP contribution in [0, 0.1) is 5.92 Å². The zero-order valence-electron chi connectivity index (χ0n) is 20.2. The smallest absolute Gasteiger partial charge is 0.323 e. The van der Waals surface area contributed by atoms with E-state index in [4.69, 9.17) is 11.6 Å². The maximum atomic E-state index is 13.3. The summed E-state index contributed by atoms with van der Waals surface area (Å²) in [5, 5.41) is 5.50. The van der Waals surface area contributed by atoms with Gasteiger partial charge in [0.1, 0.15) is 12.1 Å². The summed E-state index contributed by atoms with van der Waals surface area (Å²) in [6, 6.07) is 12.1. The lowest BCUT2D eigenvalue weighted by Crippen LogP contribution is -2.54. The van der Waals surface area contributed by atoms with Crippen molar-refractivity contribution in [3.63, 3.8) is 0 Å². The first-order valence-electron chi connectivity index (χ1n) is 11.9. The van der Waals surface area contributed by atoms with E-state index < -0.39 is 40.0 Å². The summed E-state index contributed by atoms with van der Waals surface area (Å²) in [5.41, 5.74) is -0.396. The molecule has 0 unspecified atom stereocenters. The molecule has 11 heteroatoms. The number of hydrogen-bond donors (Lipinski definition) is 2. The number of imide groups is 1. The number of amides is 4. The van der Waals surface area contributed by atoms with Gasteiger partial charge in [-0.1, -0.05) is 49.6 Å². The molecule has 2 N–H and O–H groups in total. The summed E-state index contributed by atoms with van der Waals surface area (Å²) >= 11 is 6.25. The predicted molar refractivity (Wildman–Crippen MR) is 137 cm³/mol. The highest BCUT2D eigenvalue weighted by Crippen LogP contribution is 2.38. The summed E-state index contributed by atoms with van der Waals surface area (Å²) < 4.78 is 27.9. The van der Waals surface area contributed by atoms with Crippen molar-refractivity contribution in [1.82, 2.24) is 10.2 Å². The number of sulfonamides is 1. The number of nitrogens with zero attached hydrogens (tertiary/aromatic N) is 2. The number of para-hydroxylation sites is 1. The fourth-order valence-electron chi connectivity index (χ4n) is 4.95. The molecular weight excluding hydrogens is 504 g/mol. The SMILES string of the molecule is CCN(c1ccccc1)S(=O)(=O)c1ccc(Cl)c(NC(=O)CN2C(=O)N[C@@]3(CCCC[C@@H]3C)C2=O)c1. The topological polar surface area (TPSA) is 116 Å². The third-order valence-corrected chi connectivity index (χ3v) is 9.16. The van der Waals surface area contributed by atoms with Crippen LogP contribution in [-0.2, 0) is 19.6 Å². The van der Waals surface area contributed by atoms with E-state index in [-0.39, 0.29) is 28.1 Å². The summed E-state index contributed by atoms with van der Waals surface area (Å²) in [4.78, 5) is 39.4. The monoisotopic (exact) mass is 532 g/mol. The van der Waals surface area contributed by atoms with Gasteiger partial charge in [0.05, 0.1) is 21.3 Å². The second-order valence-electron chi connectivity index (χ2n) is 9.13. The van der Waals surface area contributed by atoms with Crippen LogP contribution >= 0.6 is 11.6 Å². The van der Waals surface area contributed by atoms with E-state index in [1.165, 1.54) is 22.5 Å². The van der Waals surface area contributed by atoms with Crippen molar-refractivity contribution in [2.75, 3.05) is 22.7 Å². The van der Waals surface area contributed by atoms with Gasteiger partial charge < -0.3 is 10.6 Å². The number of nitrogens with one attached hydrogen (secondary N) is 2. The van der Waals surface area contributed by atoms with E-state index in [1.807, 2.05) is 6.92 Å². The molecule has 1 heterocycles. The number of anilines is 2. The van der Waals surface area contributed by atoms with E-state index in [2.05, 4.69) is 10.6 Å². The number of rotatable bonds is 7. The van der Waals surface area contributed by atoms with Crippen LogP contribution in [0.4, 0.5) is 16.2 Å². The van der Waals surface area contributed by atoms with Gasteiger partial charge in [0, 0.05) is 6.54 Å². The van der Waals surface area contributed by atoms with Crippen molar-refractivity contribution in [2.45, 2.75) is 50.0 Å². The van der Waals surface area contributed by atoms with E-state index in [1.54, 1.807) is 37.3 Å². The summed E-state index contributed by atoms with van der Waals surface area (Å²) in [5.74, 6) is -1.09. The van der Waals surface area contributed by atoms with Crippen LogP contribution in [0.25, 0.3) is 0 Å². The maximum absolute atomic E-state index is 13.3. The van der Waals surface area contributed by atoms with Crippen molar-refractivity contribution in [3.05, 3.63) is 53.6 Å². The van der Waals surface area contributed by atoms with Gasteiger partial charge in [0.25, 0.3) is 15.9 Å². The Balaban J connectivity index is 1.53. The highest BCUT2D eigenvalue weighted by Gasteiger charge is 2.55. The minimum absolute atomic E-state index is 0.0294. The lowest BCUT2D eigenvalue weighted by Gasteiger charge is -2.36. The van der Waals surface area contributed by atoms with Gasteiger partial charge in [-0.2, -0.15) is 0 Å². The van der Waals surface area contributed by atoms with Gasteiger partial charge in [-0.05, 0) is 56.0 Å². The van der Waals surface area contributed by atoms with E-state index in [0.717, 1.165) is 24.2 Å². The molecule has 0 bridgehead atoms. The molecule has 192 valence electrons. The third kappa shape index (κ3) is 4.67. The quantitative estimate of drug-likeness (QED) is 0.523. The molecule has 1 saturated carbocycles. The molecule has 4 rings (SSSR count). The van der Waals surface area contributed by atoms with Crippen LogP contribution < -0.4 is 14.9 Å². The number of urea groups is 1. The second kappa shape index (κ2) is 10.1. The van der Waals surface area contributed by atoms with Crippen molar-refractivity contribution in [2.24, 2.45) is 5.92 Å². The van der Waals surface area contributed by atoms with Gasteiger partial charge in [0.2, 0.25) is 5.91 Å². The van der Waals surface area contributed by atoms with Gasteiger partial charge in [-0.25, -0.2) is 13.2 Å². The average molecular weight is 533 g/mol. The number of hydrogen-bond acceptors (Lipinski definition) is 5. The fourth-order valence-corrected chi connectivity index (χ4v) is 6.61. The van der Waals surface area contributed by atoms with Crippen molar-refractivity contribution < 1.29 is 22.8 Å². The van der Waals surface area contributed by atoms with E-state index in [9.17, 15) is 22.8 Å². The average Bonchev–Trinajstić information content (AvgIpc) is 3.08. The second-order valence-corrected chi connectivity index (χ2v) is 11.4. The minimum atomic E-state index is -3.95. The molecule has 9 nitrogen and oxygen atoms in total. The molecule has 1 spiro atoms. The molecular formula is C25H29ClN4O5S. The molecule has 1 aliphatic carbocycles. The van der Waals surface area contributed by atoms with Crippen LogP contribution in [0.3, 0.4) is 0 Å². The number of carbonyl (C=O) groups is 3. The Hall–Kier alpha value is -3.11. The molecule has 1 saturated heterocycles. The molecule has 36 heavy (non-hydrogen) atoms. The van der Waals surface area contributed by atoms with Crippen molar-refractivity contribution in [1.29, 1.82) is 0 Å². The first-order chi connectivity index (χ1) is 17.1. The Morgan fingerprint density at radius 3 is 2.58 bits per heavy atom. The third-order valence-electron chi connectivity index (χ3n) is 6.93. The molecule has 0 aromatic heterocycles. The van der Waals surface area contributed by atoms with Gasteiger partial charge in [0.15, 0.2) is 0 Å². The zero-order valence-corrected chi connectivity index (χ0v) is 21.7. The maximum Gasteiger partial charge on any atom is 0.325 e. The first kappa shape index (κ1) is 26.0. The molecule has 2 aromatic rings. The Bertz CT molecular complexity index is 1290. The predicted octanol–water partition coefficient (Wildman–Crippen LogP) is 3.99.